The van der Waals surface area contributed by atoms with Gasteiger partial charge in [-0.05, 0) is 41.7 Å². The van der Waals surface area contributed by atoms with Crippen LogP contribution in [0.3, 0.4) is 0 Å². The normalized spacial score (nSPS) is 11.0. The van der Waals surface area contributed by atoms with Gasteiger partial charge in [-0.25, -0.2) is 0 Å². The summed E-state index contributed by atoms with van der Waals surface area (Å²) >= 11 is 0. The van der Waals surface area contributed by atoms with Gasteiger partial charge in [-0.1, -0.05) is 63.2 Å². The maximum Gasteiger partial charge on any atom is 0.127 e. The van der Waals surface area contributed by atoms with E-state index < -0.39 is 0 Å². The summed E-state index contributed by atoms with van der Waals surface area (Å²) in [7, 11) is 4.17. The molecule has 134 valence electrons. The van der Waals surface area contributed by atoms with E-state index in [1.807, 2.05) is 37.4 Å². The Bertz CT molecular complexity index is 837. The Hall–Kier alpha value is -2.35. The average molecular weight is 365 g/mol. The van der Waals surface area contributed by atoms with Gasteiger partial charge >= 0.3 is 0 Å². The largest absolute Gasteiger partial charge is 0.497 e. The Morgan fingerprint density at radius 1 is 0.885 bits per heavy atom. The molecule has 0 spiro atoms. The summed E-state index contributed by atoms with van der Waals surface area (Å²) in [4.78, 5) is 0. The second kappa shape index (κ2) is 9.38. The van der Waals surface area contributed by atoms with Gasteiger partial charge in [-0.15, -0.1) is 0 Å². The number of hydrogen-bond acceptors (Lipinski definition) is 3. The van der Waals surface area contributed by atoms with Crippen LogP contribution in [-0.4, -0.2) is 14.2 Å². The van der Waals surface area contributed by atoms with Crippen molar-refractivity contribution in [2.24, 2.45) is 0 Å². The maximum absolute atomic E-state index is 6.13. The molecule has 0 aliphatic rings. The van der Waals surface area contributed by atoms with Crippen molar-refractivity contribution in [3.63, 3.8) is 0 Å². The Morgan fingerprint density at radius 3 is 2.42 bits per heavy atom. The van der Waals surface area contributed by atoms with E-state index in [0.29, 0.717) is 15.2 Å². The fourth-order valence-corrected chi connectivity index (χ4v) is 4.02. The summed E-state index contributed by atoms with van der Waals surface area (Å²) in [5.74, 6) is 1.76. The smallest absolute Gasteiger partial charge is 0.127 e. The van der Waals surface area contributed by atoms with Crippen LogP contribution < -0.4 is 25.4 Å². The molecule has 3 rings (SSSR count). The molecule has 4 heteroatoms. The minimum absolute atomic E-state index is 0.506. The van der Waals surface area contributed by atoms with Crippen molar-refractivity contribution < 1.29 is 9.47 Å². The average Bonchev–Trinajstić information content (AvgIpc) is 2.69. The number of rotatable bonds is 8. The van der Waals surface area contributed by atoms with Crippen LogP contribution in [0.25, 0.3) is 0 Å². The van der Waals surface area contributed by atoms with Gasteiger partial charge in [-0.3, -0.25) is 0 Å². The van der Waals surface area contributed by atoms with Crippen molar-refractivity contribution in [3.05, 3.63) is 83.9 Å². The molecule has 3 aromatic rings. The lowest BCUT2D eigenvalue weighted by molar-refractivity contribution is 0.308. The number of nitrogens with one attached hydrogen (secondary N) is 1. The van der Waals surface area contributed by atoms with Crippen molar-refractivity contribution in [1.29, 1.82) is 0 Å². The summed E-state index contributed by atoms with van der Waals surface area (Å²) in [6, 6.07) is 24.8. The molecule has 0 bridgehead atoms. The van der Waals surface area contributed by atoms with E-state index in [1.54, 1.807) is 7.11 Å². The summed E-state index contributed by atoms with van der Waals surface area (Å²) in [5.41, 5.74) is 2.47. The maximum atomic E-state index is 6.13. The van der Waals surface area contributed by atoms with Crippen LogP contribution in [0.1, 0.15) is 11.1 Å². The molecular weight excluding hydrogens is 341 g/mol. The molecule has 3 nitrogen and oxygen atoms in total. The number of ether oxygens (including phenoxy) is 2. The van der Waals surface area contributed by atoms with Crippen molar-refractivity contribution in [2.75, 3.05) is 14.2 Å². The monoisotopic (exact) mass is 365 g/mol. The van der Waals surface area contributed by atoms with E-state index in [4.69, 9.17) is 9.47 Å². The second-order valence-electron chi connectivity index (χ2n) is 5.95. The molecule has 0 saturated carbocycles. The molecule has 0 aliphatic heterocycles. The zero-order valence-corrected chi connectivity index (χ0v) is 16.2. The molecule has 0 aliphatic carbocycles. The predicted molar refractivity (Wildman–Crippen MR) is 111 cm³/mol. The Labute approximate surface area is 157 Å². The van der Waals surface area contributed by atoms with E-state index >= 15 is 0 Å². The zero-order valence-electron chi connectivity index (χ0n) is 15.2. The first-order valence-corrected chi connectivity index (χ1v) is 9.64. The van der Waals surface area contributed by atoms with Gasteiger partial charge in [0.2, 0.25) is 0 Å². The molecule has 3 aromatic carbocycles. The van der Waals surface area contributed by atoms with E-state index in [0.717, 1.165) is 28.9 Å². The van der Waals surface area contributed by atoms with Gasteiger partial charge < -0.3 is 14.8 Å². The Balaban J connectivity index is 1.85. The summed E-state index contributed by atoms with van der Waals surface area (Å²) in [6.07, 6.45) is 0. The fourth-order valence-electron chi connectivity index (χ4n) is 2.73. The van der Waals surface area contributed by atoms with Crippen LogP contribution in [0.5, 0.6) is 11.5 Å². The quantitative estimate of drug-likeness (QED) is 0.619. The third-order valence-corrected chi connectivity index (χ3v) is 5.50. The van der Waals surface area contributed by atoms with Crippen molar-refractivity contribution >= 4 is 19.2 Å². The van der Waals surface area contributed by atoms with Crippen molar-refractivity contribution in [1.82, 2.24) is 5.32 Å². The van der Waals surface area contributed by atoms with Crippen LogP contribution >= 0.6 is 8.58 Å². The van der Waals surface area contributed by atoms with Crippen LogP contribution in [0, 0.1) is 0 Å². The minimum Gasteiger partial charge on any atom is -0.497 e. The number of methoxy groups -OCH3 is 1. The zero-order chi connectivity index (χ0) is 18.2. The van der Waals surface area contributed by atoms with Crippen molar-refractivity contribution in [2.45, 2.75) is 13.2 Å². The molecule has 26 heavy (non-hydrogen) atoms. The highest BCUT2D eigenvalue weighted by molar-refractivity contribution is 7.55. The molecule has 1 atom stereocenters. The lowest BCUT2D eigenvalue weighted by atomic mass is 10.2. The molecule has 0 fully saturated rings. The molecule has 1 unspecified atom stereocenters. The highest BCUT2D eigenvalue weighted by atomic mass is 31.1. The first kappa shape index (κ1) is 18.4. The third-order valence-electron chi connectivity index (χ3n) is 4.08. The van der Waals surface area contributed by atoms with Gasteiger partial charge in [0.05, 0.1) is 7.11 Å². The second-order valence-corrected chi connectivity index (χ2v) is 7.28. The highest BCUT2D eigenvalue weighted by Crippen LogP contribution is 2.25. The predicted octanol–water partition coefficient (Wildman–Crippen LogP) is 3.62. The van der Waals surface area contributed by atoms with Crippen LogP contribution in [0.15, 0.2) is 72.8 Å². The van der Waals surface area contributed by atoms with Crippen molar-refractivity contribution in [3.8, 4) is 11.5 Å². The molecule has 0 aromatic heterocycles. The van der Waals surface area contributed by atoms with Crippen LogP contribution in [0.4, 0.5) is 0 Å². The topological polar surface area (TPSA) is 30.5 Å². The first-order chi connectivity index (χ1) is 12.8. The highest BCUT2D eigenvalue weighted by Gasteiger charge is 2.10. The first-order valence-electron chi connectivity index (χ1n) is 8.64. The van der Waals surface area contributed by atoms with Gasteiger partial charge in [0, 0.05) is 11.8 Å². The van der Waals surface area contributed by atoms with E-state index in [-0.39, 0.29) is 0 Å². The van der Waals surface area contributed by atoms with Gasteiger partial charge in [0.15, 0.2) is 0 Å². The summed E-state index contributed by atoms with van der Waals surface area (Å²) in [5, 5.41) is 5.72. The molecular formula is C22H24NO2P. The Morgan fingerprint density at radius 2 is 1.65 bits per heavy atom. The summed E-state index contributed by atoms with van der Waals surface area (Å²) in [6.45, 7) is 1.41. The summed E-state index contributed by atoms with van der Waals surface area (Å²) < 4.78 is 11.6. The molecule has 0 amide bonds. The van der Waals surface area contributed by atoms with Gasteiger partial charge in [0.1, 0.15) is 18.1 Å². The standard InChI is InChI=1S/C22H24NO2P/c1-23-15-18-10-6-7-11-21(18)26-22-14-19(24-2)12-13-20(22)25-16-17-8-4-3-5-9-17/h3-14,23,26H,15-16H2,1-2H3. The van der Waals surface area contributed by atoms with Crippen LogP contribution in [0.2, 0.25) is 0 Å². The Kier molecular flexibility index (Phi) is 6.65. The third kappa shape index (κ3) is 4.85. The van der Waals surface area contributed by atoms with Gasteiger partial charge in [0.25, 0.3) is 0 Å². The van der Waals surface area contributed by atoms with E-state index in [2.05, 4.69) is 47.8 Å². The molecule has 1 N–H and O–H groups in total. The lowest BCUT2D eigenvalue weighted by Crippen LogP contribution is -2.16. The van der Waals surface area contributed by atoms with Crippen LogP contribution in [-0.2, 0) is 13.2 Å². The molecule has 0 saturated heterocycles. The van der Waals surface area contributed by atoms with E-state index in [9.17, 15) is 0 Å². The SMILES string of the molecule is CNCc1ccccc1Pc1cc(OC)ccc1OCc1ccccc1. The van der Waals surface area contributed by atoms with Gasteiger partial charge in [-0.2, -0.15) is 0 Å². The molecule has 0 radical (unpaired) electrons. The van der Waals surface area contributed by atoms with E-state index in [1.165, 1.54) is 10.9 Å². The number of benzene rings is 3. The molecule has 0 heterocycles. The fraction of sp³-hybridized carbons (Fsp3) is 0.182. The number of hydrogen-bond donors (Lipinski definition) is 1. The minimum atomic E-state index is 0.506. The lowest BCUT2D eigenvalue weighted by Gasteiger charge is -2.15.